The topological polar surface area (TPSA) is 77.4 Å². The second-order valence-corrected chi connectivity index (χ2v) is 16.6. The second-order valence-electron chi connectivity index (χ2n) is 15.5. The quantitative estimate of drug-likeness (QED) is 0.175. The molecule has 3 fully saturated rings. The Morgan fingerprint density at radius 1 is 0.833 bits per heavy atom. The van der Waals surface area contributed by atoms with Crippen LogP contribution in [0.5, 0.6) is 5.75 Å². The summed E-state index contributed by atoms with van der Waals surface area (Å²) in [6, 6.07) is 15.4. The van der Waals surface area contributed by atoms with E-state index < -0.39 is 54.3 Å². The van der Waals surface area contributed by atoms with Crippen molar-refractivity contribution in [3.05, 3.63) is 64.1 Å². The van der Waals surface area contributed by atoms with Gasteiger partial charge in [-0.1, -0.05) is 12.1 Å². The van der Waals surface area contributed by atoms with E-state index in [1.807, 2.05) is 96.4 Å². The first kappa shape index (κ1) is 32.1. The summed E-state index contributed by atoms with van der Waals surface area (Å²) < 4.78 is 56.2. The molecule has 4 aliphatic rings. The van der Waals surface area contributed by atoms with Crippen molar-refractivity contribution in [2.24, 2.45) is 0 Å². The summed E-state index contributed by atoms with van der Waals surface area (Å²) >= 11 is 1.55. The lowest BCUT2D eigenvalue weighted by Crippen LogP contribution is -2.41. The van der Waals surface area contributed by atoms with Gasteiger partial charge in [0, 0.05) is 17.2 Å². The van der Waals surface area contributed by atoms with Crippen molar-refractivity contribution in [2.75, 3.05) is 0 Å². The molecular formula is C36H40B2FNO7S. The Morgan fingerprint density at radius 3 is 2.02 bits per heavy atom. The van der Waals surface area contributed by atoms with Gasteiger partial charge in [-0.2, -0.15) is 0 Å². The molecule has 12 heteroatoms. The monoisotopic (exact) mass is 671 g/mol. The minimum Gasteiger partial charge on any atom is -0.464 e. The number of halogens is 1. The van der Waals surface area contributed by atoms with Crippen molar-refractivity contribution in [1.29, 1.82) is 0 Å². The SMILES string of the molecule is CC(=O)OC1(c2ccc(C3Oc4cc(B5OC(C)(C)C(C)(C)O5)cc(F)c4-c4cc5cc(B6OC(C)(C)C(C)(C)O6)ccc5n43)s2)CC1. The van der Waals surface area contributed by atoms with Crippen LogP contribution in [0.3, 0.4) is 0 Å². The lowest BCUT2D eigenvalue weighted by atomic mass is 9.78. The van der Waals surface area contributed by atoms with Crippen LogP contribution < -0.4 is 15.7 Å². The van der Waals surface area contributed by atoms with Crippen molar-refractivity contribution in [2.45, 2.75) is 109 Å². The fraction of sp³-hybridized carbons (Fsp3) is 0.472. The number of nitrogens with zero attached hydrogens (tertiary/aromatic N) is 1. The van der Waals surface area contributed by atoms with Crippen molar-refractivity contribution >= 4 is 53.4 Å². The fourth-order valence-electron chi connectivity index (χ4n) is 6.76. The molecule has 4 aromatic rings. The maximum Gasteiger partial charge on any atom is 0.495 e. The summed E-state index contributed by atoms with van der Waals surface area (Å²) in [6.45, 7) is 17.5. The molecule has 2 aromatic carbocycles. The zero-order valence-corrected chi connectivity index (χ0v) is 29.7. The zero-order valence-electron chi connectivity index (χ0n) is 28.9. The maximum atomic E-state index is 16.4. The minimum absolute atomic E-state index is 0.299. The van der Waals surface area contributed by atoms with Crippen LogP contribution in [0.25, 0.3) is 22.2 Å². The highest BCUT2D eigenvalue weighted by Gasteiger charge is 2.54. The van der Waals surface area contributed by atoms with Crippen LogP contribution >= 0.6 is 11.3 Å². The number of benzene rings is 2. The summed E-state index contributed by atoms with van der Waals surface area (Å²) in [5, 5.41) is 0.906. The van der Waals surface area contributed by atoms with Crippen LogP contribution in [0.1, 0.15) is 91.1 Å². The largest absolute Gasteiger partial charge is 0.495 e. The van der Waals surface area contributed by atoms with Crippen molar-refractivity contribution in [3.63, 3.8) is 0 Å². The van der Waals surface area contributed by atoms with Gasteiger partial charge in [-0.15, -0.1) is 11.3 Å². The Kier molecular flexibility index (Phi) is 6.82. The van der Waals surface area contributed by atoms with E-state index in [0.29, 0.717) is 22.5 Å². The number of carbonyl (C=O) groups excluding carboxylic acids is 1. The van der Waals surface area contributed by atoms with Crippen molar-refractivity contribution in [1.82, 2.24) is 4.57 Å². The van der Waals surface area contributed by atoms with Gasteiger partial charge in [0.15, 0.2) is 0 Å². The average Bonchev–Trinajstić information content (AvgIpc) is 3.25. The molecule has 1 unspecified atom stereocenters. The second kappa shape index (κ2) is 10.2. The molecule has 0 spiro atoms. The normalized spacial score (nSPS) is 23.9. The van der Waals surface area contributed by atoms with Gasteiger partial charge in [0.05, 0.1) is 44.1 Å². The molecule has 0 amide bonds. The number of carbonyl (C=O) groups is 1. The number of aromatic nitrogens is 1. The average molecular weight is 671 g/mol. The van der Waals surface area contributed by atoms with E-state index in [1.54, 1.807) is 11.3 Å². The van der Waals surface area contributed by atoms with Gasteiger partial charge in [-0.3, -0.25) is 9.36 Å². The third kappa shape index (κ3) is 4.81. The first-order valence-electron chi connectivity index (χ1n) is 16.6. The fourth-order valence-corrected chi connectivity index (χ4v) is 7.97. The lowest BCUT2D eigenvalue weighted by Gasteiger charge is -2.32. The predicted molar refractivity (Wildman–Crippen MR) is 185 cm³/mol. The molecular weight excluding hydrogens is 631 g/mol. The summed E-state index contributed by atoms with van der Waals surface area (Å²) in [6.07, 6.45) is 0.957. The first-order chi connectivity index (χ1) is 22.4. The lowest BCUT2D eigenvalue weighted by molar-refractivity contribution is -0.148. The molecule has 250 valence electrons. The zero-order chi connectivity index (χ0) is 34.2. The summed E-state index contributed by atoms with van der Waals surface area (Å²) in [5.41, 5.74) is 0.666. The minimum atomic E-state index is -0.751. The molecule has 0 N–H and O–H groups in total. The van der Waals surface area contributed by atoms with Gasteiger partial charge in [0.1, 0.15) is 17.2 Å². The van der Waals surface area contributed by atoms with Crippen LogP contribution in [0.2, 0.25) is 0 Å². The Balaban J connectivity index is 1.25. The molecule has 48 heavy (non-hydrogen) atoms. The van der Waals surface area contributed by atoms with E-state index in [-0.39, 0.29) is 5.97 Å². The highest BCUT2D eigenvalue weighted by Crippen LogP contribution is 2.53. The Labute approximate surface area is 285 Å². The summed E-state index contributed by atoms with van der Waals surface area (Å²) in [7, 11) is -1.29. The van der Waals surface area contributed by atoms with Crippen LogP contribution in [-0.4, -0.2) is 47.2 Å². The molecule has 3 aliphatic heterocycles. The van der Waals surface area contributed by atoms with Crippen LogP contribution in [0, 0.1) is 5.82 Å². The number of esters is 1. The van der Waals surface area contributed by atoms with E-state index in [4.69, 9.17) is 28.1 Å². The van der Waals surface area contributed by atoms with E-state index >= 15 is 4.39 Å². The first-order valence-corrected chi connectivity index (χ1v) is 17.4. The molecule has 1 aliphatic carbocycles. The molecule has 8 nitrogen and oxygen atoms in total. The summed E-state index contributed by atoms with van der Waals surface area (Å²) in [4.78, 5) is 13.8. The Morgan fingerprint density at radius 2 is 1.44 bits per heavy atom. The van der Waals surface area contributed by atoms with Gasteiger partial charge in [-0.05, 0) is 116 Å². The predicted octanol–water partition coefficient (Wildman–Crippen LogP) is 6.60. The molecule has 1 atom stereocenters. The number of rotatable bonds is 5. The number of thiophene rings is 1. The highest BCUT2D eigenvalue weighted by atomic mass is 32.1. The molecule has 2 saturated heterocycles. The number of hydrogen-bond acceptors (Lipinski definition) is 8. The van der Waals surface area contributed by atoms with E-state index in [1.165, 1.54) is 13.0 Å². The van der Waals surface area contributed by atoms with Crippen LogP contribution in [-0.2, 0) is 33.7 Å². The van der Waals surface area contributed by atoms with Crippen molar-refractivity contribution in [3.8, 4) is 17.0 Å². The van der Waals surface area contributed by atoms with E-state index in [0.717, 1.165) is 39.0 Å². The standard InChI is InChI=1S/C36H40B2FNO7S/c1-20(41)43-36(14-15-36)29-13-12-28(48-29)31-40-25-11-10-22(37-44-32(2,3)33(4,5)45-37)16-21(25)17-26(40)30-24(39)18-23(19-27(30)42-31)38-46-34(6,7)35(8,9)47-38/h10-13,16-19,31H,14-15H2,1-9H3. The Bertz CT molecular complexity index is 1960. The molecule has 8 rings (SSSR count). The van der Waals surface area contributed by atoms with Gasteiger partial charge in [0.25, 0.3) is 0 Å². The number of ether oxygens (including phenoxy) is 2. The number of hydrogen-bond donors (Lipinski definition) is 0. The van der Waals surface area contributed by atoms with Crippen molar-refractivity contribution < 1.29 is 37.3 Å². The van der Waals surface area contributed by atoms with Crippen LogP contribution in [0.4, 0.5) is 4.39 Å². The third-order valence-electron chi connectivity index (χ3n) is 11.1. The van der Waals surface area contributed by atoms with Gasteiger partial charge in [0.2, 0.25) is 6.23 Å². The van der Waals surface area contributed by atoms with Crippen LogP contribution in [0.15, 0.2) is 48.5 Å². The van der Waals surface area contributed by atoms with Gasteiger partial charge >= 0.3 is 20.2 Å². The maximum absolute atomic E-state index is 16.4. The van der Waals surface area contributed by atoms with E-state index in [9.17, 15) is 4.79 Å². The molecule has 5 heterocycles. The molecule has 0 bridgehead atoms. The molecule has 0 radical (unpaired) electrons. The third-order valence-corrected chi connectivity index (χ3v) is 12.4. The van der Waals surface area contributed by atoms with Gasteiger partial charge < -0.3 is 28.1 Å². The summed E-state index contributed by atoms with van der Waals surface area (Å²) in [5.74, 6) is -0.320. The van der Waals surface area contributed by atoms with E-state index in [2.05, 4.69) is 6.07 Å². The Hall–Kier alpha value is -3.15. The highest BCUT2D eigenvalue weighted by molar-refractivity contribution is 7.12. The molecule has 2 aromatic heterocycles. The van der Waals surface area contributed by atoms with Gasteiger partial charge in [-0.25, -0.2) is 4.39 Å². The smallest absolute Gasteiger partial charge is 0.464 e. The number of fused-ring (bicyclic) bond motifs is 5. The molecule has 1 saturated carbocycles.